The van der Waals surface area contributed by atoms with Crippen molar-refractivity contribution in [3.05, 3.63) is 42.3 Å². The molecular formula is C24H27F2N5O. The summed E-state index contributed by atoms with van der Waals surface area (Å²) in [6, 6.07) is 2.01. The zero-order valence-electron chi connectivity index (χ0n) is 18.8. The molecule has 4 aromatic heterocycles. The highest BCUT2D eigenvalue weighted by Gasteiger charge is 2.41. The highest BCUT2D eigenvalue weighted by atomic mass is 19.1. The maximum absolute atomic E-state index is 15.8. The summed E-state index contributed by atoms with van der Waals surface area (Å²) in [5.74, 6) is 0.714. The first-order chi connectivity index (χ1) is 15.1. The van der Waals surface area contributed by atoms with E-state index in [1.807, 2.05) is 43.9 Å². The second-order valence-corrected chi connectivity index (χ2v) is 9.43. The van der Waals surface area contributed by atoms with Crippen LogP contribution in [0.5, 0.6) is 0 Å². The van der Waals surface area contributed by atoms with Gasteiger partial charge in [0, 0.05) is 47.9 Å². The molecular weight excluding hydrogens is 412 g/mol. The van der Waals surface area contributed by atoms with E-state index in [0.717, 1.165) is 39.0 Å². The SMILES string of the molecule is Cc1noc(C)c1-c1cnc2c(-c3cnn(C)c3)cn(CC3(F)CCC(C)(F)CC3)c2c1. The van der Waals surface area contributed by atoms with E-state index in [0.29, 0.717) is 5.76 Å². The predicted octanol–water partition coefficient (Wildman–Crippen LogP) is 5.72. The van der Waals surface area contributed by atoms with Gasteiger partial charge in [0.25, 0.3) is 0 Å². The largest absolute Gasteiger partial charge is 0.361 e. The minimum absolute atomic E-state index is 0.159. The van der Waals surface area contributed by atoms with Crippen LogP contribution in [-0.2, 0) is 13.6 Å². The Morgan fingerprint density at radius 1 is 1.06 bits per heavy atom. The van der Waals surface area contributed by atoms with E-state index in [-0.39, 0.29) is 32.2 Å². The quantitative estimate of drug-likeness (QED) is 0.408. The molecule has 0 aromatic carbocycles. The minimum atomic E-state index is -1.46. The van der Waals surface area contributed by atoms with Gasteiger partial charge in [-0.05, 0) is 52.5 Å². The smallest absolute Gasteiger partial charge is 0.141 e. The predicted molar refractivity (Wildman–Crippen MR) is 119 cm³/mol. The van der Waals surface area contributed by atoms with E-state index in [9.17, 15) is 4.39 Å². The molecule has 1 aliphatic rings. The van der Waals surface area contributed by atoms with E-state index in [4.69, 9.17) is 9.51 Å². The van der Waals surface area contributed by atoms with Gasteiger partial charge in [0.05, 0.1) is 29.5 Å². The molecule has 0 unspecified atom stereocenters. The van der Waals surface area contributed by atoms with Gasteiger partial charge in [0.2, 0.25) is 0 Å². The second-order valence-electron chi connectivity index (χ2n) is 9.43. The topological polar surface area (TPSA) is 61.7 Å². The van der Waals surface area contributed by atoms with Gasteiger partial charge in [-0.25, -0.2) is 8.78 Å². The molecule has 8 heteroatoms. The third kappa shape index (κ3) is 3.61. The Bertz CT molecular complexity index is 1270. The third-order valence-electron chi connectivity index (χ3n) is 6.70. The van der Waals surface area contributed by atoms with Crippen molar-refractivity contribution >= 4 is 11.0 Å². The third-order valence-corrected chi connectivity index (χ3v) is 6.70. The van der Waals surface area contributed by atoms with Crippen molar-refractivity contribution < 1.29 is 13.3 Å². The maximum atomic E-state index is 15.8. The van der Waals surface area contributed by atoms with Crippen LogP contribution in [0, 0.1) is 13.8 Å². The van der Waals surface area contributed by atoms with Gasteiger partial charge in [0.1, 0.15) is 17.1 Å². The lowest BCUT2D eigenvalue weighted by Gasteiger charge is -2.36. The zero-order valence-corrected chi connectivity index (χ0v) is 18.8. The van der Waals surface area contributed by atoms with Crippen LogP contribution in [0.3, 0.4) is 0 Å². The highest BCUT2D eigenvalue weighted by Crippen LogP contribution is 2.42. The molecule has 0 saturated heterocycles. The van der Waals surface area contributed by atoms with Gasteiger partial charge < -0.3 is 9.09 Å². The van der Waals surface area contributed by atoms with Crippen molar-refractivity contribution in [2.24, 2.45) is 7.05 Å². The lowest BCUT2D eigenvalue weighted by atomic mass is 9.79. The molecule has 1 fully saturated rings. The van der Waals surface area contributed by atoms with Crippen LogP contribution in [0.15, 0.2) is 35.4 Å². The lowest BCUT2D eigenvalue weighted by Crippen LogP contribution is -2.38. The molecule has 32 heavy (non-hydrogen) atoms. The summed E-state index contributed by atoms with van der Waals surface area (Å²) in [5, 5.41) is 8.33. The summed E-state index contributed by atoms with van der Waals surface area (Å²) in [7, 11) is 1.86. The standard InChI is InChI=1S/C24H27F2N5O/c1-15-21(16(2)32-29-15)17-9-20-22(27-10-17)19(18-11-28-30(4)12-18)13-31(20)14-24(26)7-5-23(3,25)6-8-24/h9-13H,5-8,14H2,1-4H3. The number of aryl methyl sites for hydroxylation is 3. The number of halogens is 2. The van der Waals surface area contributed by atoms with Gasteiger partial charge in [-0.1, -0.05) is 5.16 Å². The Balaban J connectivity index is 1.62. The monoisotopic (exact) mass is 439 g/mol. The molecule has 5 rings (SSSR count). The molecule has 1 saturated carbocycles. The van der Waals surface area contributed by atoms with Crippen molar-refractivity contribution in [3.63, 3.8) is 0 Å². The van der Waals surface area contributed by atoms with Crippen LogP contribution in [0.25, 0.3) is 33.3 Å². The number of nitrogens with zero attached hydrogens (tertiary/aromatic N) is 5. The fraction of sp³-hybridized carbons (Fsp3) is 0.458. The van der Waals surface area contributed by atoms with Crippen molar-refractivity contribution in [2.75, 3.05) is 0 Å². The minimum Gasteiger partial charge on any atom is -0.361 e. The van der Waals surface area contributed by atoms with E-state index >= 15 is 4.39 Å². The molecule has 0 bridgehead atoms. The average molecular weight is 440 g/mol. The lowest BCUT2D eigenvalue weighted by molar-refractivity contribution is 0.0132. The number of alkyl halides is 2. The fourth-order valence-electron chi connectivity index (χ4n) is 4.78. The Morgan fingerprint density at radius 2 is 1.81 bits per heavy atom. The van der Waals surface area contributed by atoms with E-state index in [1.165, 1.54) is 0 Å². The van der Waals surface area contributed by atoms with E-state index in [2.05, 4.69) is 10.3 Å². The zero-order chi connectivity index (χ0) is 22.7. The molecule has 1 aliphatic carbocycles. The first-order valence-electron chi connectivity index (χ1n) is 10.9. The summed E-state index contributed by atoms with van der Waals surface area (Å²) >= 11 is 0. The van der Waals surface area contributed by atoms with E-state index < -0.39 is 11.3 Å². The molecule has 0 aliphatic heterocycles. The Kier molecular flexibility index (Phi) is 4.72. The van der Waals surface area contributed by atoms with Crippen LogP contribution in [0.1, 0.15) is 44.1 Å². The van der Waals surface area contributed by atoms with Crippen LogP contribution in [0.2, 0.25) is 0 Å². The molecule has 0 amide bonds. The first-order valence-corrected chi connectivity index (χ1v) is 10.9. The summed E-state index contributed by atoms with van der Waals surface area (Å²) in [6.45, 7) is 5.49. The number of pyridine rings is 1. The van der Waals surface area contributed by atoms with Crippen molar-refractivity contribution in [1.29, 1.82) is 0 Å². The summed E-state index contributed by atoms with van der Waals surface area (Å²) in [5.41, 5.74) is 3.24. The molecule has 0 spiro atoms. The summed E-state index contributed by atoms with van der Waals surface area (Å²) in [6.07, 6.45) is 8.34. The van der Waals surface area contributed by atoms with Crippen LogP contribution < -0.4 is 0 Å². The fourth-order valence-corrected chi connectivity index (χ4v) is 4.78. The van der Waals surface area contributed by atoms with Gasteiger partial charge >= 0.3 is 0 Å². The normalized spacial score (nSPS) is 23.8. The van der Waals surface area contributed by atoms with Crippen LogP contribution in [0.4, 0.5) is 8.78 Å². The molecule has 4 aromatic rings. The molecule has 168 valence electrons. The maximum Gasteiger partial charge on any atom is 0.141 e. The first kappa shape index (κ1) is 20.8. The van der Waals surface area contributed by atoms with Crippen molar-refractivity contribution in [3.8, 4) is 22.3 Å². The molecule has 0 atom stereocenters. The molecule has 0 N–H and O–H groups in total. The van der Waals surface area contributed by atoms with Gasteiger partial charge in [-0.15, -0.1) is 0 Å². The molecule has 6 nitrogen and oxygen atoms in total. The average Bonchev–Trinajstić information content (AvgIpc) is 3.42. The number of hydrogen-bond acceptors (Lipinski definition) is 4. The Hall–Kier alpha value is -3.03. The van der Waals surface area contributed by atoms with Crippen LogP contribution in [-0.4, -0.2) is 35.8 Å². The molecule has 4 heterocycles. The second kappa shape index (κ2) is 7.25. The highest BCUT2D eigenvalue weighted by molar-refractivity contribution is 5.94. The van der Waals surface area contributed by atoms with Gasteiger partial charge in [0.15, 0.2) is 0 Å². The summed E-state index contributed by atoms with van der Waals surface area (Å²) < 4.78 is 39.1. The van der Waals surface area contributed by atoms with Crippen molar-refractivity contribution in [1.82, 2.24) is 24.5 Å². The van der Waals surface area contributed by atoms with Gasteiger partial charge in [-0.2, -0.15) is 5.10 Å². The molecule has 0 radical (unpaired) electrons. The van der Waals surface area contributed by atoms with E-state index in [1.54, 1.807) is 24.0 Å². The van der Waals surface area contributed by atoms with Gasteiger partial charge in [-0.3, -0.25) is 9.67 Å². The number of fused-ring (bicyclic) bond motifs is 1. The summed E-state index contributed by atoms with van der Waals surface area (Å²) in [4.78, 5) is 4.75. The number of hydrogen-bond donors (Lipinski definition) is 0. The Labute approximate surface area is 185 Å². The van der Waals surface area contributed by atoms with Crippen LogP contribution >= 0.6 is 0 Å². The number of aromatic nitrogens is 5. The number of rotatable bonds is 4. The van der Waals surface area contributed by atoms with Crippen molar-refractivity contribution in [2.45, 2.75) is 64.3 Å². The Morgan fingerprint density at radius 3 is 2.44 bits per heavy atom.